The van der Waals surface area contributed by atoms with Gasteiger partial charge in [0.05, 0.1) is 11.8 Å². The van der Waals surface area contributed by atoms with E-state index < -0.39 is 17.1 Å². The van der Waals surface area contributed by atoms with E-state index in [4.69, 9.17) is 0 Å². The minimum Gasteiger partial charge on any atom is -0.411 e. The molecule has 0 unspecified atom stereocenters. The first kappa shape index (κ1) is 24.3. The molecule has 1 aromatic carbocycles. The Labute approximate surface area is 209 Å². The standard InChI is InChI=1S/C31H39NO3/c1-6-15-31(34)27(33)17-26-24-13-9-20-16-22(32-35)12-14-23(20)28(24)25(18-30(26,31)5)19-7-10-21(11-8-19)29(2,3)4/h7-8,10-11,16,24-27,33-35H,9,12-14,17-18H2,1-5H3/b32-22-/t24-,25+,26-,27+,30-,31-/m0/s1. The Hall–Kier alpha value is -2.35. The van der Waals surface area contributed by atoms with Crippen LogP contribution in [-0.4, -0.2) is 32.8 Å². The van der Waals surface area contributed by atoms with E-state index >= 15 is 0 Å². The van der Waals surface area contributed by atoms with Crippen molar-refractivity contribution in [2.24, 2.45) is 22.4 Å². The van der Waals surface area contributed by atoms with Gasteiger partial charge < -0.3 is 15.4 Å². The molecular weight excluding hydrogens is 434 g/mol. The number of fused-ring (bicyclic) bond motifs is 4. The highest BCUT2D eigenvalue weighted by atomic mass is 16.4. The lowest BCUT2D eigenvalue weighted by molar-refractivity contribution is -0.0942. The molecule has 2 saturated carbocycles. The number of aliphatic hydroxyl groups excluding tert-OH is 1. The van der Waals surface area contributed by atoms with E-state index in [1.807, 2.05) is 0 Å². The van der Waals surface area contributed by atoms with Crippen molar-refractivity contribution in [3.8, 4) is 11.8 Å². The summed E-state index contributed by atoms with van der Waals surface area (Å²) < 4.78 is 0. The monoisotopic (exact) mass is 473 g/mol. The predicted octanol–water partition coefficient (Wildman–Crippen LogP) is 5.87. The lowest BCUT2D eigenvalue weighted by Gasteiger charge is -2.53. The van der Waals surface area contributed by atoms with Gasteiger partial charge in [-0.3, -0.25) is 0 Å². The Morgan fingerprint density at radius 1 is 1.09 bits per heavy atom. The Morgan fingerprint density at radius 3 is 2.43 bits per heavy atom. The Bertz CT molecular complexity index is 1170. The van der Waals surface area contributed by atoms with E-state index in [0.717, 1.165) is 37.8 Å². The molecule has 4 aliphatic rings. The second-order valence-corrected chi connectivity index (χ2v) is 12.4. The summed E-state index contributed by atoms with van der Waals surface area (Å²) in [7, 11) is 0. The number of hydrogen-bond donors (Lipinski definition) is 3. The second-order valence-electron chi connectivity index (χ2n) is 12.4. The summed E-state index contributed by atoms with van der Waals surface area (Å²) in [6.07, 6.45) is 6.16. The van der Waals surface area contributed by atoms with E-state index in [1.165, 1.54) is 27.8 Å². The van der Waals surface area contributed by atoms with Crippen LogP contribution in [0.25, 0.3) is 0 Å². The minimum atomic E-state index is -1.40. The average molecular weight is 474 g/mol. The zero-order valence-corrected chi connectivity index (χ0v) is 21.7. The van der Waals surface area contributed by atoms with Crippen molar-refractivity contribution in [3.63, 3.8) is 0 Å². The molecular formula is C31H39NO3. The van der Waals surface area contributed by atoms with Crippen LogP contribution in [0, 0.1) is 29.1 Å². The van der Waals surface area contributed by atoms with Crippen molar-refractivity contribution < 1.29 is 15.4 Å². The third-order valence-electron chi connectivity index (χ3n) is 9.59. The molecule has 0 amide bonds. The molecule has 186 valence electrons. The molecule has 3 N–H and O–H groups in total. The van der Waals surface area contributed by atoms with Gasteiger partial charge in [-0.2, -0.15) is 0 Å². The summed E-state index contributed by atoms with van der Waals surface area (Å²) in [5.74, 6) is 6.65. The summed E-state index contributed by atoms with van der Waals surface area (Å²) in [5.41, 5.74) is 5.77. The molecule has 0 saturated heterocycles. The number of allylic oxidation sites excluding steroid dienone is 4. The molecule has 1 aromatic rings. The van der Waals surface area contributed by atoms with Gasteiger partial charge in [-0.15, -0.1) is 5.92 Å². The maximum Gasteiger partial charge on any atom is 0.156 e. The third-order valence-corrected chi connectivity index (χ3v) is 9.59. The molecule has 5 rings (SSSR count). The van der Waals surface area contributed by atoms with Gasteiger partial charge >= 0.3 is 0 Å². The van der Waals surface area contributed by atoms with Crippen molar-refractivity contribution in [2.75, 3.05) is 0 Å². The lowest BCUT2D eigenvalue weighted by Crippen LogP contribution is -2.54. The van der Waals surface area contributed by atoms with Gasteiger partial charge in [-0.25, -0.2) is 0 Å². The summed E-state index contributed by atoms with van der Waals surface area (Å²) in [6, 6.07) is 9.05. The summed E-state index contributed by atoms with van der Waals surface area (Å²) in [4.78, 5) is 0. The van der Waals surface area contributed by atoms with E-state index in [2.05, 4.69) is 75.0 Å². The van der Waals surface area contributed by atoms with Gasteiger partial charge in [0.15, 0.2) is 5.60 Å². The van der Waals surface area contributed by atoms with Crippen molar-refractivity contribution >= 4 is 5.71 Å². The van der Waals surface area contributed by atoms with Gasteiger partial charge in [0.2, 0.25) is 0 Å². The highest BCUT2D eigenvalue weighted by Gasteiger charge is 2.66. The van der Waals surface area contributed by atoms with Crippen molar-refractivity contribution in [2.45, 2.75) is 96.2 Å². The van der Waals surface area contributed by atoms with Crippen molar-refractivity contribution in [3.05, 3.63) is 58.2 Å². The van der Waals surface area contributed by atoms with Crippen LogP contribution in [0.5, 0.6) is 0 Å². The molecule has 4 heteroatoms. The van der Waals surface area contributed by atoms with Gasteiger partial charge in [0.1, 0.15) is 0 Å². The zero-order valence-electron chi connectivity index (χ0n) is 21.7. The fourth-order valence-electron chi connectivity index (χ4n) is 7.70. The van der Waals surface area contributed by atoms with Gasteiger partial charge in [0.25, 0.3) is 0 Å². The number of aliphatic hydroxyl groups is 2. The fourth-order valence-corrected chi connectivity index (χ4v) is 7.70. The van der Waals surface area contributed by atoms with Crippen molar-refractivity contribution in [1.82, 2.24) is 0 Å². The normalized spacial score (nSPS) is 37.7. The molecule has 6 atom stereocenters. The van der Waals surface area contributed by atoms with Crippen molar-refractivity contribution in [1.29, 1.82) is 0 Å². The molecule has 0 heterocycles. The van der Waals surface area contributed by atoms with Crippen LogP contribution in [0.15, 0.2) is 52.2 Å². The largest absolute Gasteiger partial charge is 0.411 e. The van der Waals surface area contributed by atoms with E-state index in [-0.39, 0.29) is 17.3 Å². The molecule has 35 heavy (non-hydrogen) atoms. The molecule has 0 radical (unpaired) electrons. The maximum atomic E-state index is 11.8. The minimum absolute atomic E-state index is 0.0866. The summed E-state index contributed by atoms with van der Waals surface area (Å²) in [5, 5.41) is 35.8. The number of rotatable bonds is 1. The first-order valence-corrected chi connectivity index (χ1v) is 13.1. The molecule has 0 aromatic heterocycles. The predicted molar refractivity (Wildman–Crippen MR) is 139 cm³/mol. The molecule has 0 spiro atoms. The highest BCUT2D eigenvalue weighted by molar-refractivity contribution is 5.97. The van der Waals surface area contributed by atoms with Crippen LogP contribution in [0.1, 0.15) is 90.2 Å². The maximum absolute atomic E-state index is 11.8. The van der Waals surface area contributed by atoms with Crippen LogP contribution < -0.4 is 0 Å². The SMILES string of the molecule is CC#C[C@]1(O)[C@H](O)C[C@H]2[C@@H]3CCC4=C/C(=N\O)CCC4=C3[C@@H](c3ccc(C(C)(C)C)cc3)C[C@@]21C. The topological polar surface area (TPSA) is 73.0 Å². The van der Waals surface area contributed by atoms with E-state index in [9.17, 15) is 15.4 Å². The average Bonchev–Trinajstić information content (AvgIpc) is 3.03. The quantitative estimate of drug-likeness (QED) is 0.271. The van der Waals surface area contributed by atoms with E-state index in [1.54, 1.807) is 6.92 Å². The smallest absolute Gasteiger partial charge is 0.156 e. The van der Waals surface area contributed by atoms with Crippen LogP contribution in [0.4, 0.5) is 0 Å². The number of oxime groups is 1. The number of hydrogen-bond acceptors (Lipinski definition) is 4. The third kappa shape index (κ3) is 3.62. The zero-order chi connectivity index (χ0) is 25.2. The van der Waals surface area contributed by atoms with Crippen LogP contribution >= 0.6 is 0 Å². The molecule has 4 nitrogen and oxygen atoms in total. The molecule has 2 fully saturated rings. The summed E-state index contributed by atoms with van der Waals surface area (Å²) >= 11 is 0. The first-order valence-electron chi connectivity index (χ1n) is 13.1. The Morgan fingerprint density at radius 2 is 1.80 bits per heavy atom. The second kappa shape index (κ2) is 8.36. The number of benzene rings is 1. The Kier molecular flexibility index (Phi) is 5.81. The lowest BCUT2D eigenvalue weighted by atomic mass is 9.51. The molecule has 0 bridgehead atoms. The fraction of sp³-hybridized carbons (Fsp3) is 0.581. The molecule has 4 aliphatic carbocycles. The van der Waals surface area contributed by atoms with Gasteiger partial charge in [-0.05, 0) is 91.0 Å². The van der Waals surface area contributed by atoms with Gasteiger partial charge in [-0.1, -0.05) is 68.6 Å². The van der Waals surface area contributed by atoms with Gasteiger partial charge in [0, 0.05) is 11.3 Å². The van der Waals surface area contributed by atoms with Crippen LogP contribution in [0.2, 0.25) is 0 Å². The van der Waals surface area contributed by atoms with Crippen LogP contribution in [-0.2, 0) is 5.41 Å². The summed E-state index contributed by atoms with van der Waals surface area (Å²) in [6.45, 7) is 10.6. The highest BCUT2D eigenvalue weighted by Crippen LogP contribution is 2.66. The number of nitrogens with zero attached hydrogens (tertiary/aromatic N) is 1. The molecule has 0 aliphatic heterocycles. The first-order chi connectivity index (χ1) is 16.5. The van der Waals surface area contributed by atoms with Crippen LogP contribution in [0.3, 0.4) is 0 Å². The van der Waals surface area contributed by atoms with E-state index in [0.29, 0.717) is 12.3 Å². The Balaban J connectivity index is 1.68.